The van der Waals surface area contributed by atoms with Crippen LogP contribution in [0.15, 0.2) is 75.6 Å². The Kier molecular flexibility index (Phi) is 6.51. The molecule has 10 heteroatoms. The lowest BCUT2D eigenvalue weighted by Gasteiger charge is -2.17. The van der Waals surface area contributed by atoms with Gasteiger partial charge in [0.2, 0.25) is 0 Å². The predicted molar refractivity (Wildman–Crippen MR) is 134 cm³/mol. The van der Waals surface area contributed by atoms with Gasteiger partial charge in [-0.1, -0.05) is 30.3 Å². The molecule has 0 spiro atoms. The summed E-state index contributed by atoms with van der Waals surface area (Å²) in [5.41, 5.74) is -0.447. The average molecular weight is 478 g/mol. The van der Waals surface area contributed by atoms with Gasteiger partial charge in [-0.2, -0.15) is 0 Å². The predicted octanol–water partition coefficient (Wildman–Crippen LogP) is 3.35. The Morgan fingerprint density at radius 3 is 2.47 bits per heavy atom. The summed E-state index contributed by atoms with van der Waals surface area (Å²) in [6, 6.07) is 17.1. The summed E-state index contributed by atoms with van der Waals surface area (Å²) < 4.78 is 1.13. The molecule has 2 aromatic heterocycles. The summed E-state index contributed by atoms with van der Waals surface area (Å²) in [6.07, 6.45) is 0. The van der Waals surface area contributed by atoms with Crippen molar-refractivity contribution in [2.45, 2.75) is 6.54 Å². The second-order valence-electron chi connectivity index (χ2n) is 7.63. The fourth-order valence-corrected chi connectivity index (χ4v) is 4.01. The van der Waals surface area contributed by atoms with E-state index in [-0.39, 0.29) is 28.4 Å². The lowest BCUT2D eigenvalue weighted by Crippen LogP contribution is -2.32. The standard InChI is InChI=1S/C24H23N5O4S/c1-28(2)23(32)17-11-6-12-18(21(17)30)26-20-19(25-14-16-10-7-13-34-16)22(31)27-29(24(20)33)15-8-4-3-5-9-15/h3-13,25-26,30H,14H2,1-2H3,(H,27,31). The smallest absolute Gasteiger partial charge is 0.295 e. The molecule has 0 saturated carbocycles. The maximum Gasteiger partial charge on any atom is 0.295 e. The van der Waals surface area contributed by atoms with Gasteiger partial charge in [-0.05, 0) is 35.7 Å². The molecule has 0 saturated heterocycles. The number of benzene rings is 2. The van der Waals surface area contributed by atoms with Crippen LogP contribution in [0.5, 0.6) is 5.75 Å². The van der Waals surface area contributed by atoms with Gasteiger partial charge in [0.05, 0.1) is 16.9 Å². The quantitative estimate of drug-likeness (QED) is 0.303. The Morgan fingerprint density at radius 2 is 1.79 bits per heavy atom. The zero-order valence-corrected chi connectivity index (χ0v) is 19.3. The number of carbonyl (C=O) groups excluding carboxylic acids is 1. The lowest BCUT2D eigenvalue weighted by molar-refractivity contribution is 0.0824. The van der Waals surface area contributed by atoms with E-state index in [2.05, 4.69) is 15.7 Å². The van der Waals surface area contributed by atoms with Crippen molar-refractivity contribution >= 4 is 34.3 Å². The fraction of sp³-hybridized carbons (Fsp3) is 0.125. The first-order valence-corrected chi connectivity index (χ1v) is 11.3. The van der Waals surface area contributed by atoms with Crippen LogP contribution in [-0.4, -0.2) is 39.8 Å². The van der Waals surface area contributed by atoms with E-state index in [1.54, 1.807) is 50.5 Å². The van der Waals surface area contributed by atoms with E-state index >= 15 is 0 Å². The highest BCUT2D eigenvalue weighted by Gasteiger charge is 2.20. The first-order chi connectivity index (χ1) is 16.4. The van der Waals surface area contributed by atoms with Gasteiger partial charge in [-0.3, -0.25) is 19.5 Å². The number of nitrogens with zero attached hydrogens (tertiary/aromatic N) is 2. The van der Waals surface area contributed by atoms with Gasteiger partial charge >= 0.3 is 0 Å². The highest BCUT2D eigenvalue weighted by atomic mass is 32.1. The van der Waals surface area contributed by atoms with Gasteiger partial charge in [0, 0.05) is 25.5 Å². The molecule has 0 atom stereocenters. The van der Waals surface area contributed by atoms with Crippen molar-refractivity contribution in [2.24, 2.45) is 0 Å². The zero-order valence-electron chi connectivity index (χ0n) is 18.5. The van der Waals surface area contributed by atoms with Gasteiger partial charge in [-0.15, -0.1) is 11.3 Å². The van der Waals surface area contributed by atoms with Crippen molar-refractivity contribution in [3.05, 3.63) is 97.2 Å². The van der Waals surface area contributed by atoms with Gasteiger partial charge in [0.25, 0.3) is 17.0 Å². The summed E-state index contributed by atoms with van der Waals surface area (Å²) in [4.78, 5) is 41.3. The molecule has 2 heterocycles. The van der Waals surface area contributed by atoms with Crippen LogP contribution in [0.1, 0.15) is 15.2 Å². The molecule has 4 N–H and O–H groups in total. The highest BCUT2D eigenvalue weighted by Crippen LogP contribution is 2.31. The summed E-state index contributed by atoms with van der Waals surface area (Å²) in [7, 11) is 3.15. The maximum absolute atomic E-state index is 13.5. The van der Waals surface area contributed by atoms with Crippen LogP contribution in [0, 0.1) is 0 Å². The Bertz CT molecular complexity index is 1430. The number of H-pyrrole nitrogens is 1. The second-order valence-corrected chi connectivity index (χ2v) is 8.66. The third kappa shape index (κ3) is 4.57. The topological polar surface area (TPSA) is 119 Å². The first-order valence-electron chi connectivity index (χ1n) is 10.4. The van der Waals surface area contributed by atoms with Crippen molar-refractivity contribution in [3.63, 3.8) is 0 Å². The van der Waals surface area contributed by atoms with E-state index in [1.165, 1.54) is 28.4 Å². The number of rotatable bonds is 7. The Morgan fingerprint density at radius 1 is 1.03 bits per heavy atom. The number of anilines is 3. The summed E-state index contributed by atoms with van der Waals surface area (Å²) >= 11 is 1.51. The largest absolute Gasteiger partial charge is 0.505 e. The second kappa shape index (κ2) is 9.67. The molecule has 2 aromatic carbocycles. The Balaban J connectivity index is 1.83. The fourth-order valence-electron chi connectivity index (χ4n) is 3.37. The number of para-hydroxylation sites is 2. The molecule has 4 aromatic rings. The summed E-state index contributed by atoms with van der Waals surface area (Å²) in [5.74, 6) is -0.721. The molecule has 0 aliphatic heterocycles. The highest BCUT2D eigenvalue weighted by molar-refractivity contribution is 7.09. The van der Waals surface area contributed by atoms with E-state index in [0.29, 0.717) is 12.2 Å². The van der Waals surface area contributed by atoms with Crippen molar-refractivity contribution < 1.29 is 9.90 Å². The SMILES string of the molecule is CN(C)C(=O)c1cccc(Nc2c(NCc3cccs3)c(=O)[nH]n(-c3ccccc3)c2=O)c1O. The summed E-state index contributed by atoms with van der Waals surface area (Å²) in [6.45, 7) is 0.329. The number of phenols is 1. The third-order valence-electron chi connectivity index (χ3n) is 5.07. The molecule has 0 aliphatic rings. The number of carbonyl (C=O) groups is 1. The number of thiophene rings is 1. The third-order valence-corrected chi connectivity index (χ3v) is 5.95. The number of hydrogen-bond donors (Lipinski definition) is 4. The van der Waals surface area contributed by atoms with E-state index in [9.17, 15) is 19.5 Å². The zero-order chi connectivity index (χ0) is 24.2. The normalized spacial score (nSPS) is 10.6. The van der Waals surface area contributed by atoms with E-state index < -0.39 is 17.0 Å². The molecule has 0 bridgehead atoms. The Hall–Kier alpha value is -4.31. The number of hydrogen-bond acceptors (Lipinski definition) is 7. The van der Waals surface area contributed by atoms with E-state index in [1.807, 2.05) is 17.5 Å². The summed E-state index contributed by atoms with van der Waals surface area (Å²) in [5, 5.41) is 21.2. The molecule has 0 unspecified atom stereocenters. The van der Waals surface area contributed by atoms with Crippen LogP contribution >= 0.6 is 11.3 Å². The number of amides is 1. The Labute approximate surface area is 198 Å². The number of aromatic amines is 1. The molecular weight excluding hydrogens is 454 g/mol. The monoisotopic (exact) mass is 477 g/mol. The van der Waals surface area contributed by atoms with Gasteiger partial charge in [0.15, 0.2) is 5.75 Å². The van der Waals surface area contributed by atoms with Crippen molar-refractivity contribution in [3.8, 4) is 11.4 Å². The molecule has 1 amide bonds. The number of nitrogens with one attached hydrogen (secondary N) is 3. The average Bonchev–Trinajstić information content (AvgIpc) is 3.35. The van der Waals surface area contributed by atoms with Crippen molar-refractivity contribution in [2.75, 3.05) is 24.7 Å². The minimum absolute atomic E-state index is 0.0225. The van der Waals surface area contributed by atoms with Crippen molar-refractivity contribution in [1.29, 1.82) is 0 Å². The minimum Gasteiger partial charge on any atom is -0.505 e. The van der Waals surface area contributed by atoms with Crippen LogP contribution < -0.4 is 21.8 Å². The molecule has 0 radical (unpaired) electrons. The van der Waals surface area contributed by atoms with E-state index in [0.717, 1.165) is 9.56 Å². The van der Waals surface area contributed by atoms with Crippen molar-refractivity contribution in [1.82, 2.24) is 14.7 Å². The maximum atomic E-state index is 13.5. The molecule has 0 aliphatic carbocycles. The van der Waals surface area contributed by atoms with Gasteiger partial charge in [-0.25, -0.2) is 4.68 Å². The van der Waals surface area contributed by atoms with Gasteiger partial charge in [0.1, 0.15) is 11.4 Å². The number of phenolic OH excluding ortho intramolecular Hbond substituents is 1. The molecular formula is C24H23N5O4S. The van der Waals surface area contributed by atoms with Crippen LogP contribution in [0.25, 0.3) is 5.69 Å². The van der Waals surface area contributed by atoms with Gasteiger partial charge < -0.3 is 20.6 Å². The van der Waals surface area contributed by atoms with Crippen LogP contribution in [-0.2, 0) is 6.54 Å². The van der Waals surface area contributed by atoms with Crippen LogP contribution in [0.3, 0.4) is 0 Å². The lowest BCUT2D eigenvalue weighted by atomic mass is 10.1. The first kappa shape index (κ1) is 22.9. The molecule has 9 nitrogen and oxygen atoms in total. The molecule has 34 heavy (non-hydrogen) atoms. The van der Waals surface area contributed by atoms with E-state index in [4.69, 9.17) is 0 Å². The number of aromatic nitrogens is 2. The van der Waals surface area contributed by atoms with Crippen LogP contribution in [0.2, 0.25) is 0 Å². The number of aromatic hydroxyl groups is 1. The molecule has 4 rings (SSSR count). The van der Waals surface area contributed by atoms with Crippen LogP contribution in [0.4, 0.5) is 17.1 Å². The minimum atomic E-state index is -0.539. The molecule has 174 valence electrons. The molecule has 0 fully saturated rings.